The van der Waals surface area contributed by atoms with Crippen LogP contribution in [0.3, 0.4) is 0 Å². The molecule has 4 rings (SSSR count). The Hall–Kier alpha value is -0.120. The molecule has 2 saturated heterocycles. The molecule has 4 fully saturated rings. The minimum atomic E-state index is -0.312. The van der Waals surface area contributed by atoms with E-state index >= 15 is 0 Å². The number of epoxide rings is 1. The minimum absolute atomic E-state index is 0.0204. The van der Waals surface area contributed by atoms with E-state index in [1.165, 1.54) is 0 Å². The lowest BCUT2D eigenvalue weighted by Crippen LogP contribution is -2.58. The number of hydrogen-bond donors (Lipinski definition) is 0. The van der Waals surface area contributed by atoms with E-state index in [2.05, 4.69) is 27.7 Å². The second-order valence-electron chi connectivity index (χ2n) is 9.21. The van der Waals surface area contributed by atoms with Gasteiger partial charge < -0.3 is 9.47 Å². The number of ketones is 1. The van der Waals surface area contributed by atoms with Crippen molar-refractivity contribution in [3.05, 3.63) is 0 Å². The van der Waals surface area contributed by atoms with Crippen molar-refractivity contribution < 1.29 is 14.3 Å². The lowest BCUT2D eigenvalue weighted by Gasteiger charge is -2.54. The van der Waals surface area contributed by atoms with Crippen LogP contribution in [0.4, 0.5) is 0 Å². The Morgan fingerprint density at radius 3 is 2.43 bits per heavy atom. The molecule has 0 radical (unpaired) electrons. The first kappa shape index (κ1) is 16.4. The van der Waals surface area contributed by atoms with Crippen LogP contribution in [0.25, 0.3) is 0 Å². The maximum atomic E-state index is 12.5. The molecule has 23 heavy (non-hydrogen) atoms. The molecule has 130 valence electrons. The van der Waals surface area contributed by atoms with Crippen molar-refractivity contribution in [1.82, 2.24) is 0 Å². The van der Waals surface area contributed by atoms with Crippen molar-refractivity contribution in [1.29, 1.82) is 0 Å². The summed E-state index contributed by atoms with van der Waals surface area (Å²) in [6.07, 6.45) is 5.89. The van der Waals surface area contributed by atoms with E-state index in [1.54, 1.807) is 0 Å². The fourth-order valence-electron chi connectivity index (χ4n) is 5.78. The minimum Gasteiger partial charge on any atom is -0.368 e. The highest BCUT2D eigenvalue weighted by Gasteiger charge is 2.66. The summed E-state index contributed by atoms with van der Waals surface area (Å²) in [5, 5.41) is 0.0605. The molecule has 0 spiro atoms. The number of carbonyl (C=O) groups is 1. The van der Waals surface area contributed by atoms with Gasteiger partial charge in [-0.2, -0.15) is 0 Å². The van der Waals surface area contributed by atoms with E-state index in [0.717, 1.165) is 32.1 Å². The number of ether oxygens (including phenoxy) is 2. The number of Topliss-reactive ketones (excluding diaryl/α,β-unsaturated/α-hetero) is 1. The Bertz CT molecular complexity index is 533. The molecule has 0 amide bonds. The summed E-state index contributed by atoms with van der Waals surface area (Å²) < 4.78 is 12.7. The lowest BCUT2D eigenvalue weighted by atomic mass is 9.57. The summed E-state index contributed by atoms with van der Waals surface area (Å²) in [5.41, 5.74) is -0.483. The van der Waals surface area contributed by atoms with Crippen molar-refractivity contribution >= 4 is 17.4 Å². The SMILES string of the molecule is CC1(C)O[C@@](C)([C@H]2CCC(=O)[C@@H]3CC[C@@]4(C)O[C@H]4[C@@H]32)CC[C@@H]1Cl. The molecule has 0 aromatic carbocycles. The van der Waals surface area contributed by atoms with Gasteiger partial charge in [-0.15, -0.1) is 11.6 Å². The van der Waals surface area contributed by atoms with Crippen molar-refractivity contribution in [3.63, 3.8) is 0 Å². The van der Waals surface area contributed by atoms with E-state index in [0.29, 0.717) is 24.0 Å². The number of alkyl halides is 1. The summed E-state index contributed by atoms with van der Waals surface area (Å²) in [7, 11) is 0. The maximum Gasteiger partial charge on any atom is 0.136 e. The van der Waals surface area contributed by atoms with Gasteiger partial charge in [-0.3, -0.25) is 4.79 Å². The Morgan fingerprint density at radius 1 is 1.04 bits per heavy atom. The number of hydrogen-bond acceptors (Lipinski definition) is 3. The van der Waals surface area contributed by atoms with E-state index < -0.39 is 0 Å². The lowest BCUT2D eigenvalue weighted by molar-refractivity contribution is -0.206. The molecule has 0 N–H and O–H groups in total. The molecule has 4 heteroatoms. The number of halogens is 1. The van der Waals surface area contributed by atoms with Crippen LogP contribution >= 0.6 is 11.6 Å². The molecule has 2 aliphatic heterocycles. The summed E-state index contributed by atoms with van der Waals surface area (Å²) in [6.45, 7) is 8.68. The van der Waals surface area contributed by atoms with Crippen LogP contribution in [0.5, 0.6) is 0 Å². The van der Waals surface area contributed by atoms with Crippen LogP contribution in [0.1, 0.15) is 66.2 Å². The standard InChI is InChI=1S/C19H29ClO3/c1-17(2)14(20)8-10-18(3,23-17)12-5-6-13(21)11-7-9-19(4)16(22-19)15(11)12/h11-12,14-16H,5-10H2,1-4H3/t11-,12-,14-,15-,16-,18+,19+/m0/s1. The van der Waals surface area contributed by atoms with Crippen molar-refractivity contribution in [2.45, 2.75) is 94.5 Å². The quantitative estimate of drug-likeness (QED) is 0.532. The molecule has 3 nitrogen and oxygen atoms in total. The fraction of sp³-hybridized carbons (Fsp3) is 0.947. The molecule has 2 aliphatic carbocycles. The fourth-order valence-corrected chi connectivity index (χ4v) is 5.94. The van der Waals surface area contributed by atoms with Crippen molar-refractivity contribution in [2.75, 3.05) is 0 Å². The van der Waals surface area contributed by atoms with Crippen LogP contribution in [0, 0.1) is 17.8 Å². The Morgan fingerprint density at radius 2 is 1.74 bits per heavy atom. The van der Waals surface area contributed by atoms with Gasteiger partial charge in [0.1, 0.15) is 5.78 Å². The Balaban J connectivity index is 1.64. The zero-order valence-electron chi connectivity index (χ0n) is 14.7. The predicted molar refractivity (Wildman–Crippen MR) is 89.7 cm³/mol. The van der Waals surface area contributed by atoms with Gasteiger partial charge in [0, 0.05) is 18.3 Å². The molecule has 0 aromatic rings. The highest BCUT2D eigenvalue weighted by atomic mass is 35.5. The van der Waals surface area contributed by atoms with Crippen LogP contribution in [-0.2, 0) is 14.3 Å². The molecular formula is C19H29ClO3. The second-order valence-corrected chi connectivity index (χ2v) is 9.74. The first-order valence-electron chi connectivity index (χ1n) is 9.21. The number of carbonyl (C=O) groups excluding carboxylic acids is 1. The number of fused-ring (bicyclic) bond motifs is 3. The van der Waals surface area contributed by atoms with Crippen LogP contribution < -0.4 is 0 Å². The van der Waals surface area contributed by atoms with Crippen LogP contribution in [0.15, 0.2) is 0 Å². The third-order valence-corrected chi connectivity index (χ3v) is 7.96. The molecule has 0 unspecified atom stereocenters. The monoisotopic (exact) mass is 340 g/mol. The van der Waals surface area contributed by atoms with Gasteiger partial charge in [0.2, 0.25) is 0 Å². The van der Waals surface area contributed by atoms with Crippen molar-refractivity contribution in [2.24, 2.45) is 17.8 Å². The summed E-state index contributed by atoms with van der Waals surface area (Å²) in [6, 6.07) is 0. The first-order valence-corrected chi connectivity index (χ1v) is 9.65. The normalized spacial score (nSPS) is 55.0. The third-order valence-electron chi connectivity index (χ3n) is 7.22. The third kappa shape index (κ3) is 2.41. The molecule has 7 atom stereocenters. The second kappa shape index (κ2) is 4.95. The number of rotatable bonds is 1. The molecule has 2 saturated carbocycles. The molecular weight excluding hydrogens is 312 g/mol. The van der Waals surface area contributed by atoms with Crippen LogP contribution in [0.2, 0.25) is 0 Å². The van der Waals surface area contributed by atoms with E-state index in [4.69, 9.17) is 21.1 Å². The van der Waals surface area contributed by atoms with Gasteiger partial charge in [0.25, 0.3) is 0 Å². The molecule has 0 bridgehead atoms. The summed E-state index contributed by atoms with van der Waals surface area (Å²) in [5.74, 6) is 1.38. The van der Waals surface area contributed by atoms with Gasteiger partial charge in [0.15, 0.2) is 0 Å². The molecule has 2 heterocycles. The molecule has 0 aromatic heterocycles. The largest absolute Gasteiger partial charge is 0.368 e. The van der Waals surface area contributed by atoms with Crippen LogP contribution in [-0.4, -0.2) is 34.1 Å². The van der Waals surface area contributed by atoms with Gasteiger partial charge in [-0.05, 0) is 65.7 Å². The van der Waals surface area contributed by atoms with E-state index in [1.807, 2.05) is 0 Å². The van der Waals surface area contributed by atoms with Gasteiger partial charge in [0.05, 0.1) is 28.3 Å². The average Bonchev–Trinajstić information content (AvgIpc) is 3.15. The highest BCUT2D eigenvalue weighted by molar-refractivity contribution is 6.21. The maximum absolute atomic E-state index is 12.5. The Kier molecular flexibility index (Phi) is 3.52. The Labute approximate surface area is 144 Å². The van der Waals surface area contributed by atoms with Gasteiger partial charge in [-0.25, -0.2) is 0 Å². The van der Waals surface area contributed by atoms with E-state index in [9.17, 15) is 4.79 Å². The summed E-state index contributed by atoms with van der Waals surface area (Å²) in [4.78, 5) is 12.5. The highest BCUT2D eigenvalue weighted by Crippen LogP contribution is 2.60. The van der Waals surface area contributed by atoms with Gasteiger partial charge in [-0.1, -0.05) is 0 Å². The average molecular weight is 341 g/mol. The van der Waals surface area contributed by atoms with Gasteiger partial charge >= 0.3 is 0 Å². The first-order chi connectivity index (χ1) is 10.7. The van der Waals surface area contributed by atoms with Crippen molar-refractivity contribution in [3.8, 4) is 0 Å². The summed E-state index contributed by atoms with van der Waals surface area (Å²) >= 11 is 6.49. The molecule has 4 aliphatic rings. The topological polar surface area (TPSA) is 38.8 Å². The zero-order chi connectivity index (χ0) is 16.6. The smallest absolute Gasteiger partial charge is 0.136 e. The predicted octanol–water partition coefficient (Wildman–Crippen LogP) is 4.10. The van der Waals surface area contributed by atoms with E-state index in [-0.39, 0.29) is 34.2 Å². The zero-order valence-corrected chi connectivity index (χ0v) is 15.5.